The summed E-state index contributed by atoms with van der Waals surface area (Å²) in [5, 5.41) is 2.66. The second kappa shape index (κ2) is 5.61. The zero-order valence-corrected chi connectivity index (χ0v) is 11.2. The molecular formula is C15H15FN2O2. The highest BCUT2D eigenvalue weighted by atomic mass is 19.1. The number of benzene rings is 2. The van der Waals surface area contributed by atoms with Crippen molar-refractivity contribution in [2.75, 3.05) is 18.2 Å². The molecule has 0 aliphatic rings. The van der Waals surface area contributed by atoms with Gasteiger partial charge in [-0.25, -0.2) is 4.39 Å². The van der Waals surface area contributed by atoms with E-state index in [9.17, 15) is 9.18 Å². The van der Waals surface area contributed by atoms with Crippen LogP contribution in [0.1, 0.15) is 15.9 Å². The van der Waals surface area contributed by atoms with Crippen molar-refractivity contribution in [2.45, 2.75) is 6.92 Å². The van der Waals surface area contributed by atoms with E-state index in [2.05, 4.69) is 5.32 Å². The molecule has 0 aromatic heterocycles. The number of carbonyl (C=O) groups is 1. The van der Waals surface area contributed by atoms with Gasteiger partial charge >= 0.3 is 0 Å². The highest BCUT2D eigenvalue weighted by molar-refractivity contribution is 6.05. The Morgan fingerprint density at radius 2 is 2.00 bits per heavy atom. The summed E-state index contributed by atoms with van der Waals surface area (Å²) in [7, 11) is 1.49. The number of aryl methyl sites for hydroxylation is 1. The van der Waals surface area contributed by atoms with E-state index in [1.165, 1.54) is 19.2 Å². The smallest absolute Gasteiger partial charge is 0.255 e. The van der Waals surface area contributed by atoms with E-state index in [4.69, 9.17) is 10.5 Å². The van der Waals surface area contributed by atoms with Gasteiger partial charge in [-0.2, -0.15) is 0 Å². The third kappa shape index (κ3) is 3.06. The number of nitrogen functional groups attached to an aromatic ring is 1. The molecule has 104 valence electrons. The van der Waals surface area contributed by atoms with E-state index in [0.29, 0.717) is 22.7 Å². The molecule has 4 nitrogen and oxygen atoms in total. The predicted molar refractivity (Wildman–Crippen MR) is 76.5 cm³/mol. The number of ether oxygens (including phenoxy) is 1. The number of hydrogen-bond acceptors (Lipinski definition) is 3. The van der Waals surface area contributed by atoms with Crippen LogP contribution in [-0.4, -0.2) is 13.0 Å². The van der Waals surface area contributed by atoms with Crippen molar-refractivity contribution in [1.29, 1.82) is 0 Å². The van der Waals surface area contributed by atoms with Gasteiger partial charge in [-0.3, -0.25) is 4.79 Å². The van der Waals surface area contributed by atoms with E-state index in [1.54, 1.807) is 31.2 Å². The molecule has 2 rings (SSSR count). The average Bonchev–Trinajstić information content (AvgIpc) is 2.37. The summed E-state index contributed by atoms with van der Waals surface area (Å²) in [5.74, 6) is -0.383. The maximum Gasteiger partial charge on any atom is 0.255 e. The van der Waals surface area contributed by atoms with Crippen LogP contribution < -0.4 is 15.8 Å². The van der Waals surface area contributed by atoms with Gasteiger partial charge in [-0.1, -0.05) is 0 Å². The minimum atomic E-state index is -0.449. The summed E-state index contributed by atoms with van der Waals surface area (Å²) in [6.07, 6.45) is 0. The fraction of sp³-hybridized carbons (Fsp3) is 0.133. The maximum atomic E-state index is 13.3. The van der Waals surface area contributed by atoms with Crippen molar-refractivity contribution in [3.8, 4) is 5.75 Å². The highest BCUT2D eigenvalue weighted by Crippen LogP contribution is 2.27. The molecule has 0 unspecified atom stereocenters. The molecule has 3 N–H and O–H groups in total. The molecule has 0 saturated heterocycles. The number of anilines is 2. The predicted octanol–water partition coefficient (Wildman–Crippen LogP) is 2.98. The number of halogens is 1. The van der Waals surface area contributed by atoms with Crippen LogP contribution in [-0.2, 0) is 0 Å². The molecule has 0 spiro atoms. The Morgan fingerprint density at radius 1 is 1.25 bits per heavy atom. The minimum absolute atomic E-state index is 0.243. The number of carbonyl (C=O) groups excluding carboxylic acids is 1. The molecule has 0 heterocycles. The van der Waals surface area contributed by atoms with Gasteiger partial charge in [-0.15, -0.1) is 0 Å². The van der Waals surface area contributed by atoms with E-state index in [-0.39, 0.29) is 5.56 Å². The second-order valence-electron chi connectivity index (χ2n) is 4.43. The zero-order chi connectivity index (χ0) is 14.7. The van der Waals surface area contributed by atoms with Crippen LogP contribution in [0.3, 0.4) is 0 Å². The van der Waals surface area contributed by atoms with E-state index in [1.807, 2.05) is 0 Å². The molecule has 0 fully saturated rings. The lowest BCUT2D eigenvalue weighted by Gasteiger charge is -2.11. The van der Waals surface area contributed by atoms with Gasteiger partial charge in [-0.05, 0) is 48.9 Å². The summed E-state index contributed by atoms with van der Waals surface area (Å²) in [5.41, 5.74) is 7.54. The van der Waals surface area contributed by atoms with Gasteiger partial charge in [0.05, 0.1) is 12.8 Å². The Morgan fingerprint density at radius 3 is 2.65 bits per heavy atom. The van der Waals surface area contributed by atoms with Crippen LogP contribution in [0, 0.1) is 12.7 Å². The number of hydrogen-bond donors (Lipinski definition) is 2. The van der Waals surface area contributed by atoms with Crippen molar-refractivity contribution in [3.63, 3.8) is 0 Å². The summed E-state index contributed by atoms with van der Waals surface area (Å²) >= 11 is 0. The molecule has 20 heavy (non-hydrogen) atoms. The molecule has 2 aromatic rings. The lowest BCUT2D eigenvalue weighted by atomic mass is 10.1. The molecule has 0 saturated carbocycles. The normalized spacial score (nSPS) is 10.2. The Hall–Kier alpha value is -2.56. The van der Waals surface area contributed by atoms with Crippen molar-refractivity contribution in [2.24, 2.45) is 0 Å². The lowest BCUT2D eigenvalue weighted by Crippen LogP contribution is -2.13. The summed E-state index contributed by atoms with van der Waals surface area (Å²) in [4.78, 5) is 12.1. The molecule has 0 atom stereocenters. The van der Waals surface area contributed by atoms with E-state index < -0.39 is 11.7 Å². The van der Waals surface area contributed by atoms with E-state index in [0.717, 1.165) is 0 Å². The van der Waals surface area contributed by atoms with Crippen LogP contribution in [0.15, 0.2) is 36.4 Å². The fourth-order valence-electron chi connectivity index (χ4n) is 1.89. The number of rotatable bonds is 3. The first kappa shape index (κ1) is 13.9. The number of nitrogens with two attached hydrogens (primary N) is 1. The standard InChI is InChI=1S/C15H15FN2O2/c1-9-5-10(7-11(16)6-9)15(19)18-13-8-12(17)3-4-14(13)20-2/h3-8H,17H2,1-2H3,(H,18,19). The van der Waals surface area contributed by atoms with Crippen molar-refractivity contribution >= 4 is 17.3 Å². The molecule has 2 aromatic carbocycles. The average molecular weight is 274 g/mol. The summed E-state index contributed by atoms with van der Waals surface area (Å²) < 4.78 is 18.5. The van der Waals surface area contributed by atoms with Crippen LogP contribution >= 0.6 is 0 Å². The quantitative estimate of drug-likeness (QED) is 0.846. The molecule has 0 aliphatic carbocycles. The van der Waals surface area contributed by atoms with Crippen LogP contribution in [0.2, 0.25) is 0 Å². The van der Waals surface area contributed by atoms with Crippen molar-refractivity contribution < 1.29 is 13.9 Å². The second-order valence-corrected chi connectivity index (χ2v) is 4.43. The van der Waals surface area contributed by atoms with Gasteiger partial charge in [0.2, 0.25) is 0 Å². The first-order valence-electron chi connectivity index (χ1n) is 6.01. The molecular weight excluding hydrogens is 259 g/mol. The van der Waals surface area contributed by atoms with Crippen molar-refractivity contribution in [3.05, 3.63) is 53.3 Å². The van der Waals surface area contributed by atoms with Crippen LogP contribution in [0.5, 0.6) is 5.75 Å². The number of amides is 1. The van der Waals surface area contributed by atoms with Gasteiger partial charge in [0.25, 0.3) is 5.91 Å². The van der Waals surface area contributed by atoms with E-state index >= 15 is 0 Å². The lowest BCUT2D eigenvalue weighted by molar-refractivity contribution is 0.102. The Bertz CT molecular complexity index is 636. The highest BCUT2D eigenvalue weighted by Gasteiger charge is 2.11. The van der Waals surface area contributed by atoms with Gasteiger partial charge in [0.15, 0.2) is 0 Å². The topological polar surface area (TPSA) is 64.3 Å². The third-order valence-corrected chi connectivity index (χ3v) is 2.78. The monoisotopic (exact) mass is 274 g/mol. The van der Waals surface area contributed by atoms with Gasteiger partial charge < -0.3 is 15.8 Å². The fourth-order valence-corrected chi connectivity index (χ4v) is 1.89. The zero-order valence-electron chi connectivity index (χ0n) is 11.2. The van der Waals surface area contributed by atoms with Crippen molar-refractivity contribution in [1.82, 2.24) is 0 Å². The first-order chi connectivity index (χ1) is 9.49. The maximum absolute atomic E-state index is 13.3. The largest absolute Gasteiger partial charge is 0.495 e. The molecule has 1 amide bonds. The molecule has 0 radical (unpaired) electrons. The third-order valence-electron chi connectivity index (χ3n) is 2.78. The SMILES string of the molecule is COc1ccc(N)cc1NC(=O)c1cc(C)cc(F)c1. The Balaban J connectivity index is 2.29. The van der Waals surface area contributed by atoms with Crippen LogP contribution in [0.4, 0.5) is 15.8 Å². The summed E-state index contributed by atoms with van der Waals surface area (Å²) in [6, 6.07) is 9.06. The minimum Gasteiger partial charge on any atom is -0.495 e. The summed E-state index contributed by atoms with van der Waals surface area (Å²) in [6.45, 7) is 1.72. The first-order valence-corrected chi connectivity index (χ1v) is 6.01. The Labute approximate surface area is 116 Å². The van der Waals surface area contributed by atoms with Gasteiger partial charge in [0, 0.05) is 11.3 Å². The molecule has 5 heteroatoms. The van der Waals surface area contributed by atoms with Gasteiger partial charge in [0.1, 0.15) is 11.6 Å². The molecule has 0 bridgehead atoms. The van der Waals surface area contributed by atoms with Crippen LogP contribution in [0.25, 0.3) is 0 Å². The Kier molecular flexibility index (Phi) is 3.89. The number of nitrogens with one attached hydrogen (secondary N) is 1. The number of methoxy groups -OCH3 is 1. The molecule has 0 aliphatic heterocycles.